The highest BCUT2D eigenvalue weighted by Gasteiger charge is 2.22. The van der Waals surface area contributed by atoms with Crippen LogP contribution in [0.25, 0.3) is 32.6 Å². The average Bonchev–Trinajstić information content (AvgIpc) is 3.47. The highest BCUT2D eigenvalue weighted by molar-refractivity contribution is 7.21. The number of ether oxygens (including phenoxy) is 1. The van der Waals surface area contributed by atoms with Gasteiger partial charge in [0.15, 0.2) is 5.13 Å². The van der Waals surface area contributed by atoms with Gasteiger partial charge in [0.05, 0.1) is 18.5 Å². The summed E-state index contributed by atoms with van der Waals surface area (Å²) >= 11 is 2.64. The SMILES string of the molecule is COc1ccc(-c2cc(-c3ccccc3)nc3sc(C(=O)Nc4nccs4)c(N)c23)cc1. The number of rotatable bonds is 5. The highest BCUT2D eigenvalue weighted by Crippen LogP contribution is 2.41. The second-order valence-corrected chi connectivity index (χ2v) is 8.86. The van der Waals surface area contributed by atoms with Crippen LogP contribution in [0.2, 0.25) is 0 Å². The molecule has 0 atom stereocenters. The largest absolute Gasteiger partial charge is 0.497 e. The minimum Gasteiger partial charge on any atom is -0.497 e. The second kappa shape index (κ2) is 8.41. The van der Waals surface area contributed by atoms with E-state index < -0.39 is 0 Å². The van der Waals surface area contributed by atoms with Gasteiger partial charge in [-0.1, -0.05) is 42.5 Å². The first-order valence-corrected chi connectivity index (χ1v) is 11.5. The van der Waals surface area contributed by atoms with E-state index in [0.717, 1.165) is 33.5 Å². The van der Waals surface area contributed by atoms with E-state index in [1.165, 1.54) is 22.7 Å². The summed E-state index contributed by atoms with van der Waals surface area (Å²) in [5.41, 5.74) is 10.6. The maximum atomic E-state index is 12.9. The second-order valence-electron chi connectivity index (χ2n) is 6.97. The molecule has 0 aliphatic heterocycles. The molecule has 0 aliphatic carbocycles. The molecule has 3 heterocycles. The van der Waals surface area contributed by atoms with Gasteiger partial charge in [-0.2, -0.15) is 0 Å². The molecule has 2 aromatic carbocycles. The van der Waals surface area contributed by atoms with E-state index in [1.54, 1.807) is 18.7 Å². The number of nitrogens with zero attached hydrogens (tertiary/aromatic N) is 2. The van der Waals surface area contributed by atoms with Crippen molar-refractivity contribution in [2.45, 2.75) is 0 Å². The van der Waals surface area contributed by atoms with Crippen molar-refractivity contribution in [1.82, 2.24) is 9.97 Å². The number of anilines is 2. The molecule has 8 heteroatoms. The van der Waals surface area contributed by atoms with Crippen LogP contribution in [0.1, 0.15) is 9.67 Å². The van der Waals surface area contributed by atoms with Gasteiger partial charge in [-0.05, 0) is 29.3 Å². The summed E-state index contributed by atoms with van der Waals surface area (Å²) in [4.78, 5) is 23.0. The van der Waals surface area contributed by atoms with Gasteiger partial charge in [0.25, 0.3) is 5.91 Å². The maximum absolute atomic E-state index is 12.9. The van der Waals surface area contributed by atoms with Crippen LogP contribution in [-0.4, -0.2) is 23.0 Å². The van der Waals surface area contributed by atoms with Crippen LogP contribution in [0, 0.1) is 0 Å². The van der Waals surface area contributed by atoms with E-state index in [1.807, 2.05) is 60.7 Å². The Labute approximate surface area is 192 Å². The lowest BCUT2D eigenvalue weighted by atomic mass is 9.99. The third-order valence-corrected chi connectivity index (χ3v) is 6.82. The van der Waals surface area contributed by atoms with Crippen molar-refractivity contribution in [2.75, 3.05) is 18.2 Å². The van der Waals surface area contributed by atoms with Gasteiger partial charge in [-0.15, -0.1) is 22.7 Å². The topological polar surface area (TPSA) is 90.1 Å². The molecule has 32 heavy (non-hydrogen) atoms. The zero-order valence-electron chi connectivity index (χ0n) is 17.0. The first kappa shape index (κ1) is 20.2. The van der Waals surface area contributed by atoms with Crippen molar-refractivity contribution in [3.8, 4) is 28.1 Å². The molecule has 0 bridgehead atoms. The van der Waals surface area contributed by atoms with Crippen molar-refractivity contribution in [3.63, 3.8) is 0 Å². The minimum absolute atomic E-state index is 0.289. The van der Waals surface area contributed by atoms with Crippen LogP contribution >= 0.6 is 22.7 Å². The summed E-state index contributed by atoms with van der Waals surface area (Å²) in [6.45, 7) is 0. The number of fused-ring (bicyclic) bond motifs is 1. The molecule has 5 aromatic rings. The Morgan fingerprint density at radius 3 is 2.53 bits per heavy atom. The number of thiazole rings is 1. The minimum atomic E-state index is -0.289. The van der Waals surface area contributed by atoms with Gasteiger partial charge < -0.3 is 10.5 Å². The Morgan fingerprint density at radius 2 is 1.84 bits per heavy atom. The van der Waals surface area contributed by atoms with E-state index >= 15 is 0 Å². The molecule has 1 amide bonds. The average molecular weight is 459 g/mol. The van der Waals surface area contributed by atoms with Crippen molar-refractivity contribution in [2.24, 2.45) is 0 Å². The summed E-state index contributed by atoms with van der Waals surface area (Å²) in [5.74, 6) is 0.478. The lowest BCUT2D eigenvalue weighted by molar-refractivity contribution is 0.103. The summed E-state index contributed by atoms with van der Waals surface area (Å²) in [6, 6.07) is 19.7. The lowest BCUT2D eigenvalue weighted by Gasteiger charge is -2.09. The fourth-order valence-electron chi connectivity index (χ4n) is 3.48. The number of nitrogens with two attached hydrogens (primary N) is 1. The zero-order chi connectivity index (χ0) is 22.1. The van der Waals surface area contributed by atoms with Crippen LogP contribution in [0.15, 0.2) is 72.2 Å². The number of hydrogen-bond acceptors (Lipinski definition) is 7. The third kappa shape index (κ3) is 3.70. The number of nitrogens with one attached hydrogen (secondary N) is 1. The molecule has 0 saturated heterocycles. The van der Waals surface area contributed by atoms with Crippen molar-refractivity contribution in [1.29, 1.82) is 0 Å². The number of methoxy groups -OCH3 is 1. The van der Waals surface area contributed by atoms with E-state index in [0.29, 0.717) is 20.5 Å². The van der Waals surface area contributed by atoms with Gasteiger partial charge in [0, 0.05) is 22.5 Å². The quantitative estimate of drug-likeness (QED) is 0.341. The fourth-order valence-corrected chi connectivity index (χ4v) is 5.02. The van der Waals surface area contributed by atoms with Gasteiger partial charge in [0.2, 0.25) is 0 Å². The normalized spacial score (nSPS) is 10.9. The first-order valence-electron chi connectivity index (χ1n) is 9.78. The highest BCUT2D eigenvalue weighted by atomic mass is 32.1. The van der Waals surface area contributed by atoms with Crippen LogP contribution in [0.4, 0.5) is 10.8 Å². The number of hydrogen-bond donors (Lipinski definition) is 2. The Hall–Kier alpha value is -3.75. The summed E-state index contributed by atoms with van der Waals surface area (Å²) in [7, 11) is 1.64. The molecule has 0 aliphatic rings. The number of aromatic nitrogens is 2. The Balaban J connectivity index is 1.69. The van der Waals surface area contributed by atoms with Crippen LogP contribution in [-0.2, 0) is 0 Å². The molecule has 3 N–H and O–H groups in total. The molecule has 0 radical (unpaired) electrons. The van der Waals surface area contributed by atoms with E-state index in [-0.39, 0.29) is 5.91 Å². The molecule has 158 valence electrons. The maximum Gasteiger partial charge on any atom is 0.269 e. The predicted molar refractivity (Wildman–Crippen MR) is 132 cm³/mol. The molecule has 0 fully saturated rings. The smallest absolute Gasteiger partial charge is 0.269 e. The van der Waals surface area contributed by atoms with Crippen molar-refractivity contribution < 1.29 is 9.53 Å². The number of thiophene rings is 1. The van der Waals surface area contributed by atoms with Crippen molar-refractivity contribution >= 4 is 49.6 Å². The molecular formula is C24H18N4O2S2. The molecule has 0 saturated carbocycles. The number of amides is 1. The standard InChI is InChI=1S/C24H18N4O2S2/c1-30-16-9-7-14(8-10-16)17-13-18(15-5-3-2-4-6-15)27-23-19(17)20(25)21(32-23)22(29)28-24-26-11-12-31-24/h2-13H,25H2,1H3,(H,26,28,29). The predicted octanol–water partition coefficient (Wildman–Crippen LogP) is 5.93. The summed E-state index contributed by atoms with van der Waals surface area (Å²) < 4.78 is 5.30. The third-order valence-electron chi connectivity index (χ3n) is 5.03. The van der Waals surface area contributed by atoms with Crippen LogP contribution < -0.4 is 15.8 Å². The van der Waals surface area contributed by atoms with Gasteiger partial charge in [-0.3, -0.25) is 10.1 Å². The molecule has 3 aromatic heterocycles. The summed E-state index contributed by atoms with van der Waals surface area (Å²) in [6.07, 6.45) is 1.64. The molecule has 0 unspecified atom stereocenters. The van der Waals surface area contributed by atoms with Gasteiger partial charge in [0.1, 0.15) is 15.5 Å². The number of carbonyl (C=O) groups excluding carboxylic acids is 1. The van der Waals surface area contributed by atoms with Crippen LogP contribution in [0.5, 0.6) is 5.75 Å². The van der Waals surface area contributed by atoms with Crippen molar-refractivity contribution in [3.05, 3.63) is 77.1 Å². The number of nitrogen functional groups attached to an aromatic ring is 1. The summed E-state index contributed by atoms with van der Waals surface area (Å²) in [5, 5.41) is 5.92. The van der Waals surface area contributed by atoms with Gasteiger partial charge in [-0.25, -0.2) is 9.97 Å². The van der Waals surface area contributed by atoms with E-state index in [9.17, 15) is 4.79 Å². The monoisotopic (exact) mass is 458 g/mol. The Kier molecular flexibility index (Phi) is 5.30. The Morgan fingerprint density at radius 1 is 1.06 bits per heavy atom. The zero-order valence-corrected chi connectivity index (χ0v) is 18.7. The Bertz CT molecular complexity index is 1400. The lowest BCUT2D eigenvalue weighted by Crippen LogP contribution is -2.11. The van der Waals surface area contributed by atoms with E-state index in [2.05, 4.69) is 10.3 Å². The number of carbonyl (C=O) groups is 1. The first-order chi connectivity index (χ1) is 15.6. The number of benzene rings is 2. The van der Waals surface area contributed by atoms with Gasteiger partial charge >= 0.3 is 0 Å². The molecule has 6 nitrogen and oxygen atoms in total. The van der Waals surface area contributed by atoms with E-state index in [4.69, 9.17) is 15.5 Å². The van der Waals surface area contributed by atoms with Crippen LogP contribution in [0.3, 0.4) is 0 Å². The number of pyridine rings is 1. The fraction of sp³-hybridized carbons (Fsp3) is 0.0417. The molecular weight excluding hydrogens is 440 g/mol. The molecule has 5 rings (SSSR count). The molecule has 0 spiro atoms.